The highest BCUT2D eigenvalue weighted by atomic mass is 32.2. The molecule has 0 aromatic heterocycles. The van der Waals surface area contributed by atoms with Crippen LogP contribution in [0.2, 0.25) is 0 Å². The summed E-state index contributed by atoms with van der Waals surface area (Å²) < 4.78 is 33.2. The molecule has 2 aromatic rings. The van der Waals surface area contributed by atoms with E-state index in [1.54, 1.807) is 36.1 Å². The van der Waals surface area contributed by atoms with Crippen LogP contribution in [-0.2, 0) is 26.0 Å². The first kappa shape index (κ1) is 19.5. The SMILES string of the molecule is CCc1ccc(N2CC(CNS(=O)(=O)c3ccccc3C)OCC2=O)cc1. The Hall–Kier alpha value is -2.22. The summed E-state index contributed by atoms with van der Waals surface area (Å²) in [6.07, 6.45) is 0.521. The molecule has 1 atom stereocenters. The topological polar surface area (TPSA) is 75.7 Å². The lowest BCUT2D eigenvalue weighted by Crippen LogP contribution is -2.50. The predicted molar refractivity (Wildman–Crippen MR) is 104 cm³/mol. The molecular formula is C20H24N2O4S. The zero-order valence-corrected chi connectivity index (χ0v) is 16.3. The molecule has 3 rings (SSSR count). The highest BCUT2D eigenvalue weighted by molar-refractivity contribution is 7.89. The van der Waals surface area contributed by atoms with E-state index in [0.717, 1.165) is 12.1 Å². The van der Waals surface area contributed by atoms with Gasteiger partial charge in [0.25, 0.3) is 5.91 Å². The summed E-state index contributed by atoms with van der Waals surface area (Å²) in [7, 11) is -3.63. The molecule has 1 heterocycles. The molecule has 1 fully saturated rings. The summed E-state index contributed by atoms with van der Waals surface area (Å²) >= 11 is 0. The van der Waals surface area contributed by atoms with Crippen LogP contribution in [0.3, 0.4) is 0 Å². The average Bonchev–Trinajstić information content (AvgIpc) is 2.68. The third kappa shape index (κ3) is 4.55. The standard InChI is InChI=1S/C20H24N2O4S/c1-3-16-8-10-17(11-9-16)22-13-18(26-14-20(22)23)12-21-27(24,25)19-7-5-4-6-15(19)2/h4-11,18,21H,3,12-14H2,1-2H3. The maximum atomic E-state index is 12.5. The monoisotopic (exact) mass is 388 g/mol. The smallest absolute Gasteiger partial charge is 0.253 e. The van der Waals surface area contributed by atoms with Crippen molar-refractivity contribution < 1.29 is 17.9 Å². The van der Waals surface area contributed by atoms with E-state index in [0.29, 0.717) is 12.1 Å². The van der Waals surface area contributed by atoms with Crippen molar-refractivity contribution >= 4 is 21.6 Å². The van der Waals surface area contributed by atoms with Crippen LogP contribution in [-0.4, -0.2) is 40.1 Å². The molecule has 144 valence electrons. The minimum Gasteiger partial charge on any atom is -0.365 e. The molecule has 0 spiro atoms. The number of rotatable bonds is 6. The van der Waals surface area contributed by atoms with E-state index in [1.165, 1.54) is 5.56 Å². The third-order valence-electron chi connectivity index (χ3n) is 4.67. The van der Waals surface area contributed by atoms with Gasteiger partial charge < -0.3 is 9.64 Å². The van der Waals surface area contributed by atoms with Gasteiger partial charge in [-0.3, -0.25) is 4.79 Å². The number of hydrogen-bond acceptors (Lipinski definition) is 4. The highest BCUT2D eigenvalue weighted by Gasteiger charge is 2.28. The van der Waals surface area contributed by atoms with E-state index in [1.807, 2.05) is 24.3 Å². The number of morpholine rings is 1. The summed E-state index contributed by atoms with van der Waals surface area (Å²) in [5.41, 5.74) is 2.68. The fraction of sp³-hybridized carbons (Fsp3) is 0.350. The second kappa shape index (κ2) is 8.21. The van der Waals surface area contributed by atoms with Crippen LogP contribution in [0.15, 0.2) is 53.4 Å². The van der Waals surface area contributed by atoms with Crippen molar-refractivity contribution in [2.75, 3.05) is 24.6 Å². The van der Waals surface area contributed by atoms with E-state index in [4.69, 9.17) is 4.74 Å². The summed E-state index contributed by atoms with van der Waals surface area (Å²) in [6, 6.07) is 14.6. The predicted octanol–water partition coefficient (Wildman–Crippen LogP) is 2.27. The van der Waals surface area contributed by atoms with Gasteiger partial charge in [0.05, 0.1) is 17.5 Å². The first-order valence-corrected chi connectivity index (χ1v) is 10.4. The molecular weight excluding hydrogens is 364 g/mol. The minimum absolute atomic E-state index is 0.0632. The van der Waals surface area contributed by atoms with E-state index in [-0.39, 0.29) is 24.0 Å². The van der Waals surface area contributed by atoms with Crippen LogP contribution in [0.25, 0.3) is 0 Å². The van der Waals surface area contributed by atoms with Crippen molar-refractivity contribution in [1.82, 2.24) is 4.72 Å². The molecule has 0 radical (unpaired) electrons. The van der Waals surface area contributed by atoms with Gasteiger partial charge in [0.15, 0.2) is 0 Å². The molecule has 27 heavy (non-hydrogen) atoms. The van der Waals surface area contributed by atoms with Crippen LogP contribution >= 0.6 is 0 Å². The fourth-order valence-electron chi connectivity index (χ4n) is 3.05. The Morgan fingerprint density at radius 3 is 2.52 bits per heavy atom. The molecule has 1 unspecified atom stereocenters. The molecule has 6 nitrogen and oxygen atoms in total. The van der Waals surface area contributed by atoms with E-state index in [2.05, 4.69) is 11.6 Å². The van der Waals surface area contributed by atoms with Crippen molar-refractivity contribution in [1.29, 1.82) is 0 Å². The van der Waals surface area contributed by atoms with Crippen LogP contribution in [0, 0.1) is 6.92 Å². The first-order chi connectivity index (χ1) is 12.9. The Bertz CT molecular complexity index is 910. The van der Waals surface area contributed by atoms with Crippen LogP contribution in [0.1, 0.15) is 18.1 Å². The molecule has 1 saturated heterocycles. The van der Waals surface area contributed by atoms with Gasteiger partial charge >= 0.3 is 0 Å². The Balaban J connectivity index is 1.67. The quantitative estimate of drug-likeness (QED) is 0.824. The number of aryl methyl sites for hydroxylation is 2. The maximum absolute atomic E-state index is 12.5. The second-order valence-electron chi connectivity index (χ2n) is 6.57. The summed E-state index contributed by atoms with van der Waals surface area (Å²) in [6.45, 7) is 4.18. The molecule has 0 bridgehead atoms. The van der Waals surface area contributed by atoms with Crippen molar-refractivity contribution in [3.63, 3.8) is 0 Å². The zero-order valence-electron chi connectivity index (χ0n) is 15.5. The number of carbonyl (C=O) groups excluding carboxylic acids is 1. The maximum Gasteiger partial charge on any atom is 0.253 e. The third-order valence-corrected chi connectivity index (χ3v) is 6.25. The second-order valence-corrected chi connectivity index (χ2v) is 8.31. The first-order valence-electron chi connectivity index (χ1n) is 8.97. The molecule has 1 aliphatic rings. The van der Waals surface area contributed by atoms with Crippen LogP contribution in [0.4, 0.5) is 5.69 Å². The number of anilines is 1. The van der Waals surface area contributed by atoms with Crippen molar-refractivity contribution in [3.8, 4) is 0 Å². The highest BCUT2D eigenvalue weighted by Crippen LogP contribution is 2.20. The van der Waals surface area contributed by atoms with Gasteiger partial charge in [0.1, 0.15) is 6.61 Å². The number of benzene rings is 2. The minimum atomic E-state index is -3.63. The van der Waals surface area contributed by atoms with Gasteiger partial charge in [0, 0.05) is 12.2 Å². The van der Waals surface area contributed by atoms with Gasteiger partial charge in [-0.05, 0) is 42.7 Å². The van der Waals surface area contributed by atoms with E-state index >= 15 is 0 Å². The number of nitrogens with zero attached hydrogens (tertiary/aromatic N) is 1. The number of nitrogens with one attached hydrogen (secondary N) is 1. The lowest BCUT2D eigenvalue weighted by atomic mass is 10.1. The Morgan fingerprint density at radius 1 is 1.15 bits per heavy atom. The summed E-state index contributed by atoms with van der Waals surface area (Å²) in [4.78, 5) is 14.1. The number of sulfonamides is 1. The Kier molecular flexibility index (Phi) is 5.94. The van der Waals surface area contributed by atoms with E-state index in [9.17, 15) is 13.2 Å². The lowest BCUT2D eigenvalue weighted by Gasteiger charge is -2.33. The molecule has 7 heteroatoms. The number of carbonyl (C=O) groups is 1. The average molecular weight is 388 g/mol. The summed E-state index contributed by atoms with van der Waals surface area (Å²) in [5.74, 6) is -0.128. The van der Waals surface area contributed by atoms with Gasteiger partial charge in [-0.1, -0.05) is 37.3 Å². The van der Waals surface area contributed by atoms with Crippen LogP contribution < -0.4 is 9.62 Å². The zero-order chi connectivity index (χ0) is 19.4. The lowest BCUT2D eigenvalue weighted by molar-refractivity contribution is -0.129. The van der Waals surface area contributed by atoms with Crippen molar-refractivity contribution in [2.24, 2.45) is 0 Å². The van der Waals surface area contributed by atoms with Gasteiger partial charge in [-0.2, -0.15) is 0 Å². The van der Waals surface area contributed by atoms with Gasteiger partial charge in [-0.15, -0.1) is 0 Å². The van der Waals surface area contributed by atoms with Crippen molar-refractivity contribution in [3.05, 3.63) is 59.7 Å². The van der Waals surface area contributed by atoms with Crippen LogP contribution in [0.5, 0.6) is 0 Å². The van der Waals surface area contributed by atoms with E-state index < -0.39 is 16.1 Å². The fourth-order valence-corrected chi connectivity index (χ4v) is 4.36. The molecule has 2 aromatic carbocycles. The molecule has 1 N–H and O–H groups in total. The number of hydrogen-bond donors (Lipinski definition) is 1. The van der Waals surface area contributed by atoms with Crippen molar-refractivity contribution in [2.45, 2.75) is 31.3 Å². The Labute approximate surface area is 160 Å². The summed E-state index contributed by atoms with van der Waals surface area (Å²) in [5, 5.41) is 0. The molecule has 0 saturated carbocycles. The van der Waals surface area contributed by atoms with Gasteiger partial charge in [0.2, 0.25) is 10.0 Å². The normalized spacial score (nSPS) is 17.9. The molecule has 1 aliphatic heterocycles. The molecule has 1 amide bonds. The number of ether oxygens (including phenoxy) is 1. The molecule has 0 aliphatic carbocycles. The largest absolute Gasteiger partial charge is 0.365 e. The Morgan fingerprint density at radius 2 is 1.85 bits per heavy atom. The van der Waals surface area contributed by atoms with Gasteiger partial charge in [-0.25, -0.2) is 13.1 Å². The number of amides is 1.